The number of hydrogen-bond donors (Lipinski definition) is 0. The molecular weight excluding hydrogens is 407 g/mol. The zero-order valence-corrected chi connectivity index (χ0v) is 17.9. The van der Waals surface area contributed by atoms with Gasteiger partial charge in [-0.3, -0.25) is 9.59 Å². The summed E-state index contributed by atoms with van der Waals surface area (Å²) in [6, 6.07) is 11.4. The van der Waals surface area contributed by atoms with Gasteiger partial charge < -0.3 is 4.74 Å². The lowest BCUT2D eigenvalue weighted by molar-refractivity contribution is -0.137. The lowest BCUT2D eigenvalue weighted by atomic mass is 9.81. The fourth-order valence-electron chi connectivity index (χ4n) is 4.55. The van der Waals surface area contributed by atoms with Crippen LogP contribution in [0.3, 0.4) is 0 Å². The summed E-state index contributed by atoms with van der Waals surface area (Å²) in [6.07, 6.45) is 3.27. The van der Waals surface area contributed by atoms with Crippen LogP contribution in [0.4, 0.5) is 0 Å². The maximum Gasteiger partial charge on any atom is 0.307 e. The van der Waals surface area contributed by atoms with Crippen molar-refractivity contribution in [3.63, 3.8) is 0 Å². The van der Waals surface area contributed by atoms with E-state index in [9.17, 15) is 9.59 Å². The van der Waals surface area contributed by atoms with E-state index >= 15 is 0 Å². The van der Waals surface area contributed by atoms with Gasteiger partial charge in [0.15, 0.2) is 5.78 Å². The Balaban J connectivity index is 1.92. The third-order valence-electron chi connectivity index (χ3n) is 5.92. The molecule has 0 heterocycles. The van der Waals surface area contributed by atoms with Crippen LogP contribution in [0.2, 0.25) is 10.0 Å². The van der Waals surface area contributed by atoms with E-state index in [2.05, 4.69) is 6.92 Å². The minimum atomic E-state index is -0.384. The molecule has 0 amide bonds. The molecule has 2 aromatic rings. The first kappa shape index (κ1) is 20.2. The van der Waals surface area contributed by atoms with Gasteiger partial charge in [-0.05, 0) is 60.6 Å². The molecular formula is C24H22Cl2O3. The van der Waals surface area contributed by atoms with Gasteiger partial charge in [0.05, 0.1) is 5.57 Å². The zero-order chi connectivity index (χ0) is 20.7. The van der Waals surface area contributed by atoms with Gasteiger partial charge in [-0.1, -0.05) is 48.3 Å². The lowest BCUT2D eigenvalue weighted by Gasteiger charge is -2.26. The Bertz CT molecular complexity index is 1040. The molecule has 2 aromatic carbocycles. The number of hydrogen-bond acceptors (Lipinski definition) is 3. The molecule has 3 nitrogen and oxygen atoms in total. The number of fused-ring (bicyclic) bond motifs is 2. The quantitative estimate of drug-likeness (QED) is 0.522. The van der Waals surface area contributed by atoms with E-state index in [0.717, 1.165) is 47.9 Å². The van der Waals surface area contributed by atoms with Crippen LogP contribution in [-0.4, -0.2) is 11.8 Å². The zero-order valence-electron chi connectivity index (χ0n) is 16.4. The SMILES string of the molecule is CCc1ccc(-c2ccc(Cl)cc2Cl)cc1C1=C(OC(C)=O)C2CCC(C2)C1=O. The molecule has 1 fully saturated rings. The van der Waals surface area contributed by atoms with Crippen molar-refractivity contribution >= 4 is 40.5 Å². The fourth-order valence-corrected chi connectivity index (χ4v) is 5.07. The molecule has 29 heavy (non-hydrogen) atoms. The third-order valence-corrected chi connectivity index (χ3v) is 6.47. The van der Waals surface area contributed by atoms with E-state index in [1.54, 1.807) is 12.1 Å². The number of aryl methyl sites for hydroxylation is 1. The van der Waals surface area contributed by atoms with E-state index in [-0.39, 0.29) is 23.6 Å². The van der Waals surface area contributed by atoms with E-state index in [1.165, 1.54) is 6.92 Å². The Labute approximate surface area is 180 Å². The van der Waals surface area contributed by atoms with Gasteiger partial charge in [-0.25, -0.2) is 0 Å². The average Bonchev–Trinajstić information content (AvgIpc) is 3.12. The topological polar surface area (TPSA) is 43.4 Å². The number of Topliss-reactive ketones (excluding diaryl/α,β-unsaturated/α-hetero) is 1. The van der Waals surface area contributed by atoms with E-state index in [4.69, 9.17) is 27.9 Å². The molecule has 150 valence electrons. The average molecular weight is 429 g/mol. The smallest absolute Gasteiger partial charge is 0.307 e. The number of rotatable bonds is 4. The molecule has 0 radical (unpaired) electrons. The molecule has 2 bridgehead atoms. The molecule has 0 aromatic heterocycles. The van der Waals surface area contributed by atoms with Gasteiger partial charge in [-0.2, -0.15) is 0 Å². The molecule has 1 saturated carbocycles. The summed E-state index contributed by atoms with van der Waals surface area (Å²) in [7, 11) is 0. The number of ether oxygens (including phenoxy) is 1. The van der Waals surface area contributed by atoms with Crippen molar-refractivity contribution in [3.8, 4) is 11.1 Å². The summed E-state index contributed by atoms with van der Waals surface area (Å²) in [6.45, 7) is 3.45. The van der Waals surface area contributed by atoms with Crippen LogP contribution in [0.1, 0.15) is 44.2 Å². The van der Waals surface area contributed by atoms with Crippen molar-refractivity contribution in [1.82, 2.24) is 0 Å². The standard InChI is InChI=1S/C24H22Cl2O3/c1-3-14-4-5-15(19-9-8-18(25)12-21(19)26)11-20(14)22-23(28)16-6-7-17(10-16)24(22)29-13(2)27/h4-5,8-9,11-12,16-17H,3,6-7,10H2,1-2H3. The molecule has 2 aliphatic carbocycles. The highest BCUT2D eigenvalue weighted by Gasteiger charge is 2.43. The van der Waals surface area contributed by atoms with Crippen LogP contribution in [0, 0.1) is 11.8 Å². The molecule has 2 atom stereocenters. The van der Waals surface area contributed by atoms with Crippen molar-refractivity contribution in [2.45, 2.75) is 39.5 Å². The van der Waals surface area contributed by atoms with Crippen LogP contribution >= 0.6 is 23.2 Å². The summed E-state index contributed by atoms with van der Waals surface area (Å²) in [5.74, 6) is 0.394. The van der Waals surface area contributed by atoms with E-state index in [0.29, 0.717) is 21.4 Å². The first-order valence-corrected chi connectivity index (χ1v) is 10.7. The van der Waals surface area contributed by atoms with Crippen LogP contribution < -0.4 is 0 Å². The predicted molar refractivity (Wildman–Crippen MR) is 116 cm³/mol. The summed E-state index contributed by atoms with van der Waals surface area (Å²) in [4.78, 5) is 25.1. The molecule has 2 aliphatic rings. The van der Waals surface area contributed by atoms with Crippen molar-refractivity contribution in [3.05, 3.63) is 63.3 Å². The maximum atomic E-state index is 13.3. The number of carbonyl (C=O) groups is 2. The first-order valence-electron chi connectivity index (χ1n) is 9.94. The summed E-state index contributed by atoms with van der Waals surface area (Å²) in [5.41, 5.74) is 4.21. The van der Waals surface area contributed by atoms with Gasteiger partial charge in [-0.15, -0.1) is 0 Å². The van der Waals surface area contributed by atoms with Crippen molar-refractivity contribution in [2.75, 3.05) is 0 Å². The van der Waals surface area contributed by atoms with Crippen molar-refractivity contribution in [2.24, 2.45) is 11.8 Å². The second kappa shape index (κ2) is 7.97. The number of halogens is 2. The van der Waals surface area contributed by atoms with Gasteiger partial charge in [0, 0.05) is 34.4 Å². The summed E-state index contributed by atoms with van der Waals surface area (Å²) < 4.78 is 5.62. The highest BCUT2D eigenvalue weighted by atomic mass is 35.5. The maximum absolute atomic E-state index is 13.3. The van der Waals surface area contributed by atoms with Crippen LogP contribution in [0.25, 0.3) is 16.7 Å². The van der Waals surface area contributed by atoms with Crippen molar-refractivity contribution < 1.29 is 14.3 Å². The molecule has 0 aliphatic heterocycles. The Kier molecular flexibility index (Phi) is 5.54. The van der Waals surface area contributed by atoms with Crippen LogP contribution in [-0.2, 0) is 20.7 Å². The molecule has 0 spiro atoms. The number of allylic oxidation sites excluding steroid dienone is 2. The van der Waals surface area contributed by atoms with Gasteiger partial charge in [0.1, 0.15) is 5.76 Å². The second-order valence-corrected chi connectivity index (χ2v) is 8.60. The minimum absolute atomic E-state index is 0.0155. The molecule has 2 unspecified atom stereocenters. The predicted octanol–water partition coefficient (Wildman–Crippen LogP) is 6.50. The molecule has 0 N–H and O–H groups in total. The minimum Gasteiger partial charge on any atom is -0.430 e. The monoisotopic (exact) mass is 428 g/mol. The Hall–Kier alpha value is -2.10. The van der Waals surface area contributed by atoms with Gasteiger partial charge >= 0.3 is 5.97 Å². The largest absolute Gasteiger partial charge is 0.430 e. The number of ketones is 1. The van der Waals surface area contributed by atoms with Crippen LogP contribution in [0.15, 0.2) is 42.2 Å². The molecule has 0 saturated heterocycles. The molecule has 4 rings (SSSR count). The summed E-state index contributed by atoms with van der Waals surface area (Å²) in [5, 5.41) is 1.12. The Morgan fingerprint density at radius 2 is 1.83 bits per heavy atom. The fraction of sp³-hybridized carbons (Fsp3) is 0.333. The van der Waals surface area contributed by atoms with Gasteiger partial charge in [0.25, 0.3) is 0 Å². The first-order chi connectivity index (χ1) is 13.9. The number of esters is 1. The van der Waals surface area contributed by atoms with E-state index in [1.807, 2.05) is 24.3 Å². The highest BCUT2D eigenvalue weighted by molar-refractivity contribution is 6.36. The normalized spacial score (nSPS) is 20.9. The highest BCUT2D eigenvalue weighted by Crippen LogP contribution is 2.48. The number of carbonyl (C=O) groups excluding carboxylic acids is 2. The van der Waals surface area contributed by atoms with E-state index < -0.39 is 0 Å². The second-order valence-electron chi connectivity index (χ2n) is 7.75. The van der Waals surface area contributed by atoms with Crippen LogP contribution in [0.5, 0.6) is 0 Å². The van der Waals surface area contributed by atoms with Crippen molar-refractivity contribution in [1.29, 1.82) is 0 Å². The summed E-state index contributed by atoms with van der Waals surface area (Å²) >= 11 is 12.5. The van der Waals surface area contributed by atoms with Gasteiger partial charge in [0.2, 0.25) is 0 Å². The lowest BCUT2D eigenvalue weighted by Crippen LogP contribution is -2.24. The third kappa shape index (κ3) is 3.74. The number of benzene rings is 2. The molecule has 5 heteroatoms. The Morgan fingerprint density at radius 3 is 2.52 bits per heavy atom. The Morgan fingerprint density at radius 1 is 1.07 bits per heavy atom.